The third-order valence-corrected chi connectivity index (χ3v) is 6.09. The van der Waals surface area contributed by atoms with Crippen LogP contribution < -0.4 is 10.6 Å². The smallest absolute Gasteiger partial charge is 0.191 e. The van der Waals surface area contributed by atoms with Crippen LogP contribution in [0.1, 0.15) is 45.1 Å². The molecule has 1 saturated carbocycles. The first kappa shape index (κ1) is 19.8. The Hall–Kier alpha value is -1.56. The molecule has 0 aromatic heterocycles. The van der Waals surface area contributed by atoms with Crippen LogP contribution >= 0.6 is 0 Å². The Morgan fingerprint density at radius 2 is 1.80 bits per heavy atom. The average Bonchev–Trinajstić information content (AvgIpc) is 2.55. The molecule has 0 atom stereocenters. The summed E-state index contributed by atoms with van der Waals surface area (Å²) in [5.41, 5.74) is 1.57. The molecule has 1 aliphatic rings. The molecule has 0 heterocycles. The van der Waals surface area contributed by atoms with Crippen molar-refractivity contribution in [2.24, 2.45) is 10.4 Å². The van der Waals surface area contributed by atoms with E-state index < -0.39 is 9.84 Å². The van der Waals surface area contributed by atoms with Crippen molar-refractivity contribution in [3.8, 4) is 0 Å². The Kier molecular flexibility index (Phi) is 6.49. The van der Waals surface area contributed by atoms with Crippen LogP contribution in [0.25, 0.3) is 0 Å². The molecular weight excluding hydrogens is 334 g/mol. The molecule has 0 spiro atoms. The topological polar surface area (TPSA) is 70.6 Å². The molecule has 5 nitrogen and oxygen atoms in total. The number of rotatable bonds is 5. The molecule has 2 N–H and O–H groups in total. The minimum atomic E-state index is -3.13. The van der Waals surface area contributed by atoms with Gasteiger partial charge in [0.2, 0.25) is 0 Å². The fraction of sp³-hybridized carbons (Fsp3) is 0.632. The predicted molar refractivity (Wildman–Crippen MR) is 104 cm³/mol. The van der Waals surface area contributed by atoms with Gasteiger partial charge in [-0.05, 0) is 55.2 Å². The molecule has 1 aliphatic carbocycles. The van der Waals surface area contributed by atoms with Gasteiger partial charge in [-0.1, -0.05) is 26.0 Å². The Bertz CT molecular complexity index is 684. The molecule has 140 valence electrons. The molecule has 0 amide bonds. The van der Waals surface area contributed by atoms with Crippen LogP contribution in [-0.4, -0.2) is 40.3 Å². The number of hydrogen-bond donors (Lipinski definition) is 2. The van der Waals surface area contributed by atoms with E-state index in [9.17, 15) is 8.42 Å². The summed E-state index contributed by atoms with van der Waals surface area (Å²) in [5, 5.41) is 6.87. The quantitative estimate of drug-likeness (QED) is 0.622. The van der Waals surface area contributed by atoms with E-state index in [1.165, 1.54) is 31.9 Å². The lowest BCUT2D eigenvalue weighted by Crippen LogP contribution is -2.46. The number of nitrogens with zero attached hydrogens (tertiary/aromatic N) is 1. The van der Waals surface area contributed by atoms with Gasteiger partial charge in [0.25, 0.3) is 0 Å². The molecule has 1 aromatic rings. The first-order valence-electron chi connectivity index (χ1n) is 8.96. The molecule has 0 saturated heterocycles. The molecular formula is C19H31N3O2S. The first-order valence-corrected chi connectivity index (χ1v) is 10.8. The summed E-state index contributed by atoms with van der Waals surface area (Å²) in [6.07, 6.45) is 6.90. The second kappa shape index (κ2) is 8.21. The molecule has 1 fully saturated rings. The third-order valence-electron chi connectivity index (χ3n) is 4.96. The molecule has 0 aliphatic heterocycles. The van der Waals surface area contributed by atoms with E-state index in [0.717, 1.165) is 24.5 Å². The zero-order valence-corrected chi connectivity index (χ0v) is 16.6. The monoisotopic (exact) mass is 365 g/mol. The van der Waals surface area contributed by atoms with E-state index in [1.807, 2.05) is 12.1 Å². The second-order valence-corrected chi connectivity index (χ2v) is 9.76. The van der Waals surface area contributed by atoms with Crippen LogP contribution in [0.5, 0.6) is 0 Å². The van der Waals surface area contributed by atoms with Crippen LogP contribution in [0.3, 0.4) is 0 Å². The highest BCUT2D eigenvalue weighted by Crippen LogP contribution is 2.34. The zero-order valence-electron chi connectivity index (χ0n) is 15.8. The van der Waals surface area contributed by atoms with Crippen molar-refractivity contribution in [3.05, 3.63) is 29.8 Å². The van der Waals surface area contributed by atoms with Gasteiger partial charge in [-0.15, -0.1) is 0 Å². The number of aliphatic imine (C=N–C) groups is 1. The summed E-state index contributed by atoms with van der Waals surface area (Å²) >= 11 is 0. The molecule has 6 heteroatoms. The summed E-state index contributed by atoms with van der Waals surface area (Å²) in [5.74, 6) is 0.845. The summed E-state index contributed by atoms with van der Waals surface area (Å²) in [4.78, 5) is 4.67. The lowest BCUT2D eigenvalue weighted by Gasteiger charge is -2.35. The Morgan fingerprint density at radius 1 is 1.20 bits per heavy atom. The Morgan fingerprint density at radius 3 is 2.32 bits per heavy atom. The summed E-state index contributed by atoms with van der Waals surface area (Å²) in [6.45, 7) is 5.44. The first-order chi connectivity index (χ1) is 11.7. The van der Waals surface area contributed by atoms with Gasteiger partial charge in [-0.2, -0.15) is 0 Å². The van der Waals surface area contributed by atoms with E-state index >= 15 is 0 Å². The Labute approximate surface area is 152 Å². The van der Waals surface area contributed by atoms with E-state index in [1.54, 1.807) is 19.2 Å². The van der Waals surface area contributed by atoms with Crippen molar-refractivity contribution < 1.29 is 8.42 Å². The van der Waals surface area contributed by atoms with Crippen molar-refractivity contribution in [2.75, 3.05) is 19.8 Å². The van der Waals surface area contributed by atoms with Crippen LogP contribution in [0.2, 0.25) is 0 Å². The number of benzene rings is 1. The predicted octanol–water partition coefficient (Wildman–Crippen LogP) is 2.77. The van der Waals surface area contributed by atoms with Gasteiger partial charge in [0.1, 0.15) is 0 Å². The maximum Gasteiger partial charge on any atom is 0.191 e. The SMILES string of the molecule is CN=C(NCCc1ccc(S(C)(=O)=O)cc1)NC1CCC(C)(C)CC1. The van der Waals surface area contributed by atoms with Crippen molar-refractivity contribution >= 4 is 15.8 Å². The van der Waals surface area contributed by atoms with E-state index in [2.05, 4.69) is 29.5 Å². The molecule has 0 bridgehead atoms. The lowest BCUT2D eigenvalue weighted by molar-refractivity contribution is 0.216. The number of nitrogens with one attached hydrogen (secondary N) is 2. The van der Waals surface area contributed by atoms with Crippen LogP contribution in [0, 0.1) is 5.41 Å². The fourth-order valence-electron chi connectivity index (χ4n) is 3.16. The van der Waals surface area contributed by atoms with Crippen LogP contribution in [0.4, 0.5) is 0 Å². The van der Waals surface area contributed by atoms with Crippen molar-refractivity contribution in [3.63, 3.8) is 0 Å². The Balaban J connectivity index is 1.78. The van der Waals surface area contributed by atoms with Gasteiger partial charge in [0, 0.05) is 25.9 Å². The highest BCUT2D eigenvalue weighted by molar-refractivity contribution is 7.90. The minimum absolute atomic E-state index is 0.363. The van der Waals surface area contributed by atoms with Gasteiger partial charge < -0.3 is 10.6 Å². The van der Waals surface area contributed by atoms with E-state index in [4.69, 9.17) is 0 Å². The summed E-state index contributed by atoms with van der Waals surface area (Å²) in [6, 6.07) is 7.58. The normalized spacial score (nSPS) is 18.8. The van der Waals surface area contributed by atoms with Crippen LogP contribution in [0.15, 0.2) is 34.2 Å². The average molecular weight is 366 g/mol. The van der Waals surface area contributed by atoms with Gasteiger partial charge >= 0.3 is 0 Å². The van der Waals surface area contributed by atoms with Crippen LogP contribution in [-0.2, 0) is 16.3 Å². The van der Waals surface area contributed by atoms with Gasteiger partial charge in [0.15, 0.2) is 15.8 Å². The van der Waals surface area contributed by atoms with Crippen molar-refractivity contribution in [2.45, 2.75) is 56.9 Å². The lowest BCUT2D eigenvalue weighted by atomic mass is 9.75. The zero-order chi connectivity index (χ0) is 18.5. The van der Waals surface area contributed by atoms with E-state index in [-0.39, 0.29) is 0 Å². The highest BCUT2D eigenvalue weighted by Gasteiger charge is 2.27. The maximum atomic E-state index is 11.5. The molecule has 1 aromatic carbocycles. The number of guanidine groups is 1. The third kappa shape index (κ3) is 6.34. The van der Waals surface area contributed by atoms with Gasteiger partial charge in [-0.3, -0.25) is 4.99 Å². The van der Waals surface area contributed by atoms with Crippen molar-refractivity contribution in [1.29, 1.82) is 0 Å². The minimum Gasteiger partial charge on any atom is -0.356 e. The maximum absolute atomic E-state index is 11.5. The largest absolute Gasteiger partial charge is 0.356 e. The molecule has 2 rings (SSSR count). The second-order valence-electron chi connectivity index (χ2n) is 7.75. The molecule has 0 radical (unpaired) electrons. The highest BCUT2D eigenvalue weighted by atomic mass is 32.2. The molecule has 0 unspecified atom stereocenters. The van der Waals surface area contributed by atoms with Crippen molar-refractivity contribution in [1.82, 2.24) is 10.6 Å². The summed E-state index contributed by atoms with van der Waals surface area (Å²) in [7, 11) is -1.33. The summed E-state index contributed by atoms with van der Waals surface area (Å²) < 4.78 is 23.0. The van der Waals surface area contributed by atoms with E-state index in [0.29, 0.717) is 16.4 Å². The number of sulfone groups is 1. The fourth-order valence-corrected chi connectivity index (χ4v) is 3.79. The van der Waals surface area contributed by atoms with Gasteiger partial charge in [-0.25, -0.2) is 8.42 Å². The number of hydrogen-bond acceptors (Lipinski definition) is 3. The standard InChI is InChI=1S/C19H31N3O2S/c1-19(2)12-9-16(10-13-19)22-18(20-3)21-14-11-15-5-7-17(8-6-15)25(4,23)24/h5-8,16H,9-14H2,1-4H3,(H2,20,21,22). The van der Waals surface area contributed by atoms with Gasteiger partial charge in [0.05, 0.1) is 4.90 Å². The molecule has 25 heavy (non-hydrogen) atoms.